The van der Waals surface area contributed by atoms with Gasteiger partial charge in [-0.15, -0.1) is 11.3 Å². The number of thiazole rings is 1. The number of aromatic nitrogens is 2. The first-order chi connectivity index (χ1) is 13.6. The number of nitrogens with one attached hydrogen (secondary N) is 1. The number of anilines is 2. The van der Waals surface area contributed by atoms with Crippen LogP contribution >= 0.6 is 11.3 Å². The van der Waals surface area contributed by atoms with Crippen LogP contribution in [0, 0.1) is 0 Å². The Morgan fingerprint density at radius 1 is 1.36 bits per heavy atom. The molecular formula is C20H28N6OS. The molecule has 2 aliphatic rings. The van der Waals surface area contributed by atoms with Crippen molar-refractivity contribution in [2.45, 2.75) is 44.1 Å². The Labute approximate surface area is 169 Å². The minimum absolute atomic E-state index is 0.0423. The summed E-state index contributed by atoms with van der Waals surface area (Å²) in [6.45, 7) is 3.72. The van der Waals surface area contributed by atoms with Crippen molar-refractivity contribution in [3.05, 3.63) is 34.7 Å². The molecule has 2 saturated heterocycles. The maximum atomic E-state index is 13.0. The molecule has 2 fully saturated rings. The molecule has 0 radical (unpaired) electrons. The van der Waals surface area contributed by atoms with Crippen LogP contribution in [0.15, 0.2) is 18.5 Å². The molecule has 7 nitrogen and oxygen atoms in total. The molecule has 0 amide bonds. The van der Waals surface area contributed by atoms with Crippen LogP contribution in [0.1, 0.15) is 52.7 Å². The van der Waals surface area contributed by atoms with Crippen LogP contribution in [0.2, 0.25) is 0 Å². The summed E-state index contributed by atoms with van der Waals surface area (Å²) in [6.07, 6.45) is 8.14. The van der Waals surface area contributed by atoms with Crippen molar-refractivity contribution < 1.29 is 4.79 Å². The van der Waals surface area contributed by atoms with Gasteiger partial charge in [0.25, 0.3) is 0 Å². The van der Waals surface area contributed by atoms with Crippen LogP contribution < -0.4 is 21.7 Å². The van der Waals surface area contributed by atoms with Crippen LogP contribution in [-0.2, 0) is 6.42 Å². The minimum atomic E-state index is -0.0423. The molecule has 8 heteroatoms. The fraction of sp³-hybridized carbons (Fsp3) is 0.550. The Bertz CT molecular complexity index is 832. The van der Waals surface area contributed by atoms with E-state index in [1.165, 1.54) is 11.3 Å². The Hall–Kier alpha value is -2.03. The second kappa shape index (κ2) is 8.55. The third kappa shape index (κ3) is 4.19. The number of piperidine rings is 2. The molecule has 2 unspecified atom stereocenters. The van der Waals surface area contributed by atoms with E-state index in [2.05, 4.69) is 20.2 Å². The first kappa shape index (κ1) is 19.3. The third-order valence-electron chi connectivity index (χ3n) is 5.61. The second-order valence-electron chi connectivity index (χ2n) is 7.76. The SMILES string of the molecule is Nc1sc(C2CCCNC2)nc1C(=O)Cc1cnccc1N1CCCC(N)C1. The van der Waals surface area contributed by atoms with Crippen molar-refractivity contribution in [2.24, 2.45) is 5.73 Å². The molecule has 2 atom stereocenters. The lowest BCUT2D eigenvalue weighted by molar-refractivity contribution is 0.0989. The smallest absolute Gasteiger partial charge is 0.188 e. The fourth-order valence-corrected chi connectivity index (χ4v) is 5.12. The van der Waals surface area contributed by atoms with Gasteiger partial charge in [-0.05, 0) is 38.3 Å². The molecule has 28 heavy (non-hydrogen) atoms. The maximum Gasteiger partial charge on any atom is 0.188 e. The highest BCUT2D eigenvalue weighted by Gasteiger charge is 2.25. The van der Waals surface area contributed by atoms with Crippen LogP contribution in [-0.4, -0.2) is 48.0 Å². The van der Waals surface area contributed by atoms with Gasteiger partial charge in [0.2, 0.25) is 0 Å². The van der Waals surface area contributed by atoms with Gasteiger partial charge in [0.1, 0.15) is 10.7 Å². The van der Waals surface area contributed by atoms with Crippen molar-refractivity contribution in [3.63, 3.8) is 0 Å². The molecule has 0 saturated carbocycles. The van der Waals surface area contributed by atoms with Crippen LogP contribution in [0.5, 0.6) is 0 Å². The molecule has 4 rings (SSSR count). The first-order valence-electron chi connectivity index (χ1n) is 10.1. The fourth-order valence-electron chi connectivity index (χ4n) is 4.14. The van der Waals surface area contributed by atoms with Crippen molar-refractivity contribution in [2.75, 3.05) is 36.8 Å². The van der Waals surface area contributed by atoms with Crippen molar-refractivity contribution >= 4 is 27.8 Å². The zero-order valence-electron chi connectivity index (χ0n) is 16.1. The maximum absolute atomic E-state index is 13.0. The molecule has 5 N–H and O–H groups in total. The summed E-state index contributed by atoms with van der Waals surface area (Å²) in [4.78, 5) is 24.1. The van der Waals surface area contributed by atoms with Crippen molar-refractivity contribution in [1.82, 2.24) is 15.3 Å². The molecule has 4 heterocycles. The number of carbonyl (C=O) groups is 1. The zero-order valence-corrected chi connectivity index (χ0v) is 16.9. The van der Waals surface area contributed by atoms with Crippen LogP contribution in [0.4, 0.5) is 10.7 Å². The Kier molecular flexibility index (Phi) is 5.89. The molecule has 0 spiro atoms. The highest BCUT2D eigenvalue weighted by molar-refractivity contribution is 7.16. The predicted octanol–water partition coefficient (Wildman–Crippen LogP) is 1.94. The third-order valence-corrected chi connectivity index (χ3v) is 6.65. The van der Waals surface area contributed by atoms with E-state index in [0.29, 0.717) is 16.6 Å². The Morgan fingerprint density at radius 2 is 2.25 bits per heavy atom. The lowest BCUT2D eigenvalue weighted by Gasteiger charge is -2.33. The van der Waals surface area contributed by atoms with Crippen LogP contribution in [0.3, 0.4) is 0 Å². The van der Waals surface area contributed by atoms with E-state index in [-0.39, 0.29) is 18.2 Å². The van der Waals surface area contributed by atoms with E-state index in [4.69, 9.17) is 11.5 Å². The average molecular weight is 401 g/mol. The van der Waals surface area contributed by atoms with E-state index < -0.39 is 0 Å². The van der Waals surface area contributed by atoms with Gasteiger partial charge in [-0.1, -0.05) is 0 Å². The number of ketones is 1. The summed E-state index contributed by atoms with van der Waals surface area (Å²) in [5.41, 5.74) is 14.7. The number of rotatable bonds is 5. The van der Waals surface area contributed by atoms with Gasteiger partial charge in [-0.3, -0.25) is 9.78 Å². The van der Waals surface area contributed by atoms with Crippen molar-refractivity contribution in [3.8, 4) is 0 Å². The summed E-state index contributed by atoms with van der Waals surface area (Å²) in [6, 6.07) is 2.15. The van der Waals surface area contributed by atoms with Gasteiger partial charge in [0, 0.05) is 61.7 Å². The summed E-state index contributed by atoms with van der Waals surface area (Å²) in [5.74, 6) is 0.311. The Morgan fingerprint density at radius 3 is 3.04 bits per heavy atom. The number of hydrogen-bond donors (Lipinski definition) is 3. The summed E-state index contributed by atoms with van der Waals surface area (Å²) in [5, 5.41) is 4.89. The number of nitrogen functional groups attached to an aromatic ring is 1. The molecule has 0 bridgehead atoms. The zero-order chi connectivity index (χ0) is 19.5. The lowest BCUT2D eigenvalue weighted by Crippen LogP contribution is -2.43. The van der Waals surface area contributed by atoms with Gasteiger partial charge in [-0.2, -0.15) is 0 Å². The molecule has 150 valence electrons. The summed E-state index contributed by atoms with van der Waals surface area (Å²) >= 11 is 1.46. The topological polar surface area (TPSA) is 110 Å². The molecule has 2 aliphatic heterocycles. The number of hydrogen-bond acceptors (Lipinski definition) is 8. The van der Waals surface area contributed by atoms with Crippen molar-refractivity contribution in [1.29, 1.82) is 0 Å². The van der Waals surface area contributed by atoms with Gasteiger partial charge >= 0.3 is 0 Å². The minimum Gasteiger partial charge on any atom is -0.389 e. The second-order valence-corrected chi connectivity index (χ2v) is 8.82. The van der Waals surface area contributed by atoms with E-state index in [1.54, 1.807) is 12.4 Å². The number of pyridine rings is 1. The first-order valence-corrected chi connectivity index (χ1v) is 10.9. The number of Topliss-reactive ketones (excluding diaryl/α,β-unsaturated/α-hetero) is 1. The molecule has 2 aromatic rings. The van der Waals surface area contributed by atoms with Gasteiger partial charge in [0.05, 0.1) is 5.01 Å². The Balaban J connectivity index is 1.52. The number of nitrogens with two attached hydrogens (primary N) is 2. The van der Waals surface area contributed by atoms with Gasteiger partial charge in [-0.25, -0.2) is 4.98 Å². The number of carbonyl (C=O) groups excluding carboxylic acids is 1. The summed E-state index contributed by atoms with van der Waals surface area (Å²) in [7, 11) is 0. The highest BCUT2D eigenvalue weighted by Crippen LogP contribution is 2.32. The largest absolute Gasteiger partial charge is 0.389 e. The predicted molar refractivity (Wildman–Crippen MR) is 113 cm³/mol. The van der Waals surface area contributed by atoms with E-state index in [1.807, 2.05) is 6.07 Å². The lowest BCUT2D eigenvalue weighted by atomic mass is 10.0. The van der Waals surface area contributed by atoms with E-state index >= 15 is 0 Å². The number of nitrogens with zero attached hydrogens (tertiary/aromatic N) is 3. The van der Waals surface area contributed by atoms with E-state index in [0.717, 1.165) is 68.1 Å². The summed E-state index contributed by atoms with van der Waals surface area (Å²) < 4.78 is 0. The van der Waals surface area contributed by atoms with Gasteiger partial charge < -0.3 is 21.7 Å². The monoisotopic (exact) mass is 400 g/mol. The van der Waals surface area contributed by atoms with Crippen LogP contribution in [0.25, 0.3) is 0 Å². The van der Waals surface area contributed by atoms with E-state index in [9.17, 15) is 4.79 Å². The van der Waals surface area contributed by atoms with Gasteiger partial charge in [0.15, 0.2) is 5.78 Å². The highest BCUT2D eigenvalue weighted by atomic mass is 32.1. The molecule has 2 aromatic heterocycles. The standard InChI is InChI=1S/C20H28N6OS/c21-15-4-2-8-26(12-15)16-5-7-24-11-14(16)9-17(27)18-19(22)28-20(25-18)13-3-1-6-23-10-13/h5,7,11,13,15,23H,1-4,6,8-10,12,21-22H2. The average Bonchev–Trinajstić information content (AvgIpc) is 3.11. The molecule has 0 aromatic carbocycles. The quantitative estimate of drug-likeness (QED) is 0.658. The molecule has 0 aliphatic carbocycles. The molecular weight excluding hydrogens is 372 g/mol. The normalized spacial score (nSPS) is 23.0.